The highest BCUT2D eigenvalue weighted by Crippen LogP contribution is 2.34. The molecule has 0 aliphatic carbocycles. The molecule has 2 fully saturated rings. The van der Waals surface area contributed by atoms with Crippen molar-refractivity contribution in [3.8, 4) is 0 Å². The van der Waals surface area contributed by atoms with Crippen molar-refractivity contribution >= 4 is 33.2 Å². The highest BCUT2D eigenvalue weighted by molar-refractivity contribution is 9.10. The lowest BCUT2D eigenvalue weighted by Gasteiger charge is -2.36. The number of hydrogen-bond acceptors (Lipinski definition) is 5. The Morgan fingerprint density at radius 1 is 1.19 bits per heavy atom. The van der Waals surface area contributed by atoms with Gasteiger partial charge in [-0.25, -0.2) is 0 Å². The summed E-state index contributed by atoms with van der Waals surface area (Å²) in [5.74, 6) is 0.627. The molecule has 1 aromatic rings. The Bertz CT molecular complexity index is 684. The van der Waals surface area contributed by atoms with Gasteiger partial charge in [0.1, 0.15) is 5.69 Å². The maximum Gasteiger partial charge on any atom is 0.292 e. The number of piperidine rings is 1. The van der Waals surface area contributed by atoms with E-state index in [2.05, 4.69) is 32.7 Å². The second-order valence-corrected chi connectivity index (χ2v) is 8.26. The van der Waals surface area contributed by atoms with E-state index in [9.17, 15) is 14.9 Å². The van der Waals surface area contributed by atoms with Crippen LogP contribution in [-0.2, 0) is 4.79 Å². The Morgan fingerprint density at radius 3 is 2.44 bits per heavy atom. The van der Waals surface area contributed by atoms with Gasteiger partial charge in [-0.1, -0.05) is 22.9 Å². The van der Waals surface area contributed by atoms with Crippen LogP contribution in [0.5, 0.6) is 0 Å². The number of anilines is 1. The van der Waals surface area contributed by atoms with Crippen molar-refractivity contribution in [3.05, 3.63) is 32.8 Å². The van der Waals surface area contributed by atoms with Crippen LogP contribution in [0.1, 0.15) is 26.2 Å². The molecule has 0 saturated carbocycles. The normalized spacial score (nSPS) is 19.3. The molecule has 0 spiro atoms. The molecule has 2 heterocycles. The third-order valence-electron chi connectivity index (χ3n) is 5.72. The van der Waals surface area contributed by atoms with Gasteiger partial charge in [-0.05, 0) is 37.4 Å². The van der Waals surface area contributed by atoms with E-state index in [0.717, 1.165) is 63.1 Å². The fourth-order valence-electron chi connectivity index (χ4n) is 3.97. The van der Waals surface area contributed by atoms with E-state index in [1.807, 2.05) is 11.0 Å². The first kappa shape index (κ1) is 20.1. The summed E-state index contributed by atoms with van der Waals surface area (Å²) in [7, 11) is 0. The largest absolute Gasteiger partial charge is 0.366 e. The molecular formula is C19H27BrN4O3. The number of benzene rings is 1. The van der Waals surface area contributed by atoms with Crippen LogP contribution >= 0.6 is 15.9 Å². The van der Waals surface area contributed by atoms with Crippen molar-refractivity contribution in [1.29, 1.82) is 0 Å². The predicted octanol–water partition coefficient (Wildman–Crippen LogP) is 3.13. The summed E-state index contributed by atoms with van der Waals surface area (Å²) in [6.45, 7) is 8.28. The number of carbonyl (C=O) groups excluding carboxylic acids is 1. The Morgan fingerprint density at radius 2 is 1.85 bits per heavy atom. The van der Waals surface area contributed by atoms with Gasteiger partial charge in [-0.2, -0.15) is 0 Å². The Hall–Kier alpha value is -1.67. The lowest BCUT2D eigenvalue weighted by atomic mass is 9.92. The van der Waals surface area contributed by atoms with E-state index in [4.69, 9.17) is 0 Å². The summed E-state index contributed by atoms with van der Waals surface area (Å²) in [5, 5.41) is 11.3. The highest BCUT2D eigenvalue weighted by Gasteiger charge is 2.28. The summed E-state index contributed by atoms with van der Waals surface area (Å²) in [6, 6.07) is 5.06. The number of likely N-dealkylation sites (N-methyl/N-ethyl adjacent to an activating group) is 1. The van der Waals surface area contributed by atoms with Crippen molar-refractivity contribution in [1.82, 2.24) is 9.80 Å². The number of nitrogens with zero attached hydrogens (tertiary/aromatic N) is 4. The number of halogens is 1. The zero-order valence-corrected chi connectivity index (χ0v) is 17.4. The molecule has 7 nitrogen and oxygen atoms in total. The molecule has 3 rings (SSSR count). The topological polar surface area (TPSA) is 69.9 Å². The van der Waals surface area contributed by atoms with Crippen molar-refractivity contribution in [2.45, 2.75) is 26.2 Å². The third kappa shape index (κ3) is 4.99. The molecular weight excluding hydrogens is 412 g/mol. The second kappa shape index (κ2) is 9.01. The maximum atomic E-state index is 12.6. The first-order chi connectivity index (χ1) is 13.0. The van der Waals surface area contributed by atoms with Crippen LogP contribution < -0.4 is 4.90 Å². The lowest BCUT2D eigenvalue weighted by Crippen LogP contribution is -2.49. The Kier molecular flexibility index (Phi) is 6.70. The van der Waals surface area contributed by atoms with Gasteiger partial charge >= 0.3 is 0 Å². The maximum absolute atomic E-state index is 12.6. The van der Waals surface area contributed by atoms with Gasteiger partial charge in [-0.15, -0.1) is 0 Å². The van der Waals surface area contributed by atoms with Crippen molar-refractivity contribution in [2.75, 3.05) is 50.7 Å². The summed E-state index contributed by atoms with van der Waals surface area (Å²) in [5.41, 5.74) is 0.802. The molecule has 148 valence electrons. The van der Waals surface area contributed by atoms with Crippen LogP contribution in [0.25, 0.3) is 0 Å². The summed E-state index contributed by atoms with van der Waals surface area (Å²) >= 11 is 3.41. The Labute approximate surface area is 168 Å². The minimum atomic E-state index is -0.326. The van der Waals surface area contributed by atoms with E-state index in [1.165, 1.54) is 0 Å². The van der Waals surface area contributed by atoms with Gasteiger partial charge in [0.25, 0.3) is 5.69 Å². The molecule has 0 aromatic heterocycles. The monoisotopic (exact) mass is 438 g/mol. The summed E-state index contributed by atoms with van der Waals surface area (Å²) in [6.07, 6.45) is 2.38. The minimum Gasteiger partial charge on any atom is -0.366 e. The molecule has 0 bridgehead atoms. The van der Waals surface area contributed by atoms with E-state index in [1.54, 1.807) is 12.1 Å². The van der Waals surface area contributed by atoms with Crippen LogP contribution in [0.3, 0.4) is 0 Å². The molecule has 1 amide bonds. The van der Waals surface area contributed by atoms with Gasteiger partial charge in [0.2, 0.25) is 5.91 Å². The fourth-order valence-corrected chi connectivity index (χ4v) is 4.32. The number of nitro benzene ring substituents is 1. The van der Waals surface area contributed by atoms with Gasteiger partial charge in [0.05, 0.1) is 4.92 Å². The van der Waals surface area contributed by atoms with Crippen LogP contribution in [0.4, 0.5) is 11.4 Å². The summed E-state index contributed by atoms with van der Waals surface area (Å²) in [4.78, 5) is 30.0. The number of rotatable bonds is 5. The molecule has 1 aromatic carbocycles. The fraction of sp³-hybridized carbons (Fsp3) is 0.632. The van der Waals surface area contributed by atoms with Gasteiger partial charge in [0, 0.05) is 56.2 Å². The van der Waals surface area contributed by atoms with Crippen LogP contribution in [0, 0.1) is 16.0 Å². The molecule has 0 unspecified atom stereocenters. The van der Waals surface area contributed by atoms with Crippen LogP contribution in [0.15, 0.2) is 22.7 Å². The molecule has 2 aliphatic heterocycles. The van der Waals surface area contributed by atoms with Crippen molar-refractivity contribution in [2.24, 2.45) is 5.92 Å². The highest BCUT2D eigenvalue weighted by atomic mass is 79.9. The average molecular weight is 439 g/mol. The third-order valence-corrected chi connectivity index (χ3v) is 6.22. The second-order valence-electron chi connectivity index (χ2n) is 7.34. The number of piperazine rings is 1. The molecule has 8 heteroatoms. The molecule has 0 N–H and O–H groups in total. The first-order valence-corrected chi connectivity index (χ1v) is 10.5. The lowest BCUT2D eigenvalue weighted by molar-refractivity contribution is -0.384. The first-order valence-electron chi connectivity index (χ1n) is 9.67. The van der Waals surface area contributed by atoms with Gasteiger partial charge in [-0.3, -0.25) is 14.9 Å². The summed E-state index contributed by atoms with van der Waals surface area (Å²) < 4.78 is 0.839. The molecule has 0 radical (unpaired) electrons. The zero-order valence-electron chi connectivity index (χ0n) is 15.8. The van der Waals surface area contributed by atoms with Crippen LogP contribution in [-0.4, -0.2) is 66.4 Å². The molecule has 0 atom stereocenters. The van der Waals surface area contributed by atoms with Crippen molar-refractivity contribution in [3.63, 3.8) is 0 Å². The smallest absolute Gasteiger partial charge is 0.292 e. The van der Waals surface area contributed by atoms with Crippen molar-refractivity contribution < 1.29 is 9.72 Å². The van der Waals surface area contributed by atoms with E-state index in [0.29, 0.717) is 18.0 Å². The molecule has 27 heavy (non-hydrogen) atoms. The number of nitro groups is 1. The minimum absolute atomic E-state index is 0.140. The SMILES string of the molecule is CCN1CCN(C(=O)CC2CCN(c3cc(Br)ccc3[N+](=O)[O-])CC2)CC1. The van der Waals surface area contributed by atoms with Gasteiger partial charge < -0.3 is 14.7 Å². The molecule has 2 saturated heterocycles. The predicted molar refractivity (Wildman–Crippen MR) is 109 cm³/mol. The number of amides is 1. The quantitative estimate of drug-likeness (QED) is 0.521. The van der Waals surface area contributed by atoms with E-state index in [-0.39, 0.29) is 16.5 Å². The van der Waals surface area contributed by atoms with E-state index < -0.39 is 0 Å². The van der Waals surface area contributed by atoms with Crippen LogP contribution in [0.2, 0.25) is 0 Å². The number of carbonyl (C=O) groups is 1. The number of hydrogen-bond donors (Lipinski definition) is 0. The van der Waals surface area contributed by atoms with E-state index >= 15 is 0 Å². The van der Waals surface area contributed by atoms with Gasteiger partial charge in [0.15, 0.2) is 0 Å². The Balaban J connectivity index is 1.53. The zero-order chi connectivity index (χ0) is 19.4. The molecule has 2 aliphatic rings. The standard InChI is InChI=1S/C19H27BrN4O3/c1-2-21-9-11-23(12-10-21)19(25)13-15-5-7-22(8-6-15)18-14-16(20)3-4-17(18)24(26)27/h3-4,14-15H,2,5-13H2,1H3. The average Bonchev–Trinajstić information content (AvgIpc) is 2.68.